The Morgan fingerprint density at radius 1 is 0.778 bits per heavy atom. The molecule has 4 aromatic rings. The van der Waals surface area contributed by atoms with Gasteiger partial charge in [0.15, 0.2) is 0 Å². The predicted molar refractivity (Wildman–Crippen MR) is 113 cm³/mol. The number of aromatic nitrogens is 2. The quantitative estimate of drug-likeness (QED) is 0.501. The molecule has 1 aromatic heterocycles. The van der Waals surface area contributed by atoms with Crippen molar-refractivity contribution in [3.05, 3.63) is 72.9 Å². The first-order chi connectivity index (χ1) is 13.2. The van der Waals surface area contributed by atoms with Gasteiger partial charge in [0.05, 0.1) is 25.9 Å². The molecule has 0 saturated carbocycles. The van der Waals surface area contributed by atoms with E-state index < -0.39 is 7.92 Å². The van der Waals surface area contributed by atoms with Crippen LogP contribution in [0.5, 0.6) is 11.5 Å². The molecule has 0 radical (unpaired) electrons. The fourth-order valence-corrected chi connectivity index (χ4v) is 5.64. The van der Waals surface area contributed by atoms with Crippen LogP contribution in [0.25, 0.3) is 10.9 Å². The zero-order valence-corrected chi connectivity index (χ0v) is 16.5. The van der Waals surface area contributed by atoms with Gasteiger partial charge < -0.3 is 9.47 Å². The second kappa shape index (κ2) is 7.42. The van der Waals surface area contributed by atoms with E-state index in [0.717, 1.165) is 17.0 Å². The molecule has 0 spiro atoms. The maximum absolute atomic E-state index is 5.34. The predicted octanol–water partition coefficient (Wildman–Crippen LogP) is 3.35. The third-order valence-corrected chi connectivity index (χ3v) is 7.17. The van der Waals surface area contributed by atoms with Crippen molar-refractivity contribution < 1.29 is 9.47 Å². The summed E-state index contributed by atoms with van der Waals surface area (Å²) < 4.78 is 12.6. The zero-order chi connectivity index (χ0) is 18.8. The van der Waals surface area contributed by atoms with Gasteiger partial charge in [-0.1, -0.05) is 36.4 Å². The van der Waals surface area contributed by atoms with E-state index in [1.54, 1.807) is 14.2 Å². The number of aryl methyl sites for hydroxylation is 1. The Kier molecular flexibility index (Phi) is 4.83. The van der Waals surface area contributed by atoms with E-state index in [2.05, 4.69) is 47.6 Å². The van der Waals surface area contributed by atoms with Crippen LogP contribution in [0, 0.1) is 0 Å². The van der Waals surface area contributed by atoms with Crippen LogP contribution in [0.3, 0.4) is 0 Å². The SMILES string of the molecule is COc1ccc(P(c2ccc(OC)cc2)c2cccc3c2cnn3C)cc1. The molecule has 0 saturated heterocycles. The topological polar surface area (TPSA) is 36.3 Å². The highest BCUT2D eigenvalue weighted by molar-refractivity contribution is 7.80. The van der Waals surface area contributed by atoms with Gasteiger partial charge in [0.2, 0.25) is 0 Å². The van der Waals surface area contributed by atoms with E-state index in [-0.39, 0.29) is 0 Å². The molecule has 0 aliphatic rings. The molecule has 0 N–H and O–H groups in total. The van der Waals surface area contributed by atoms with Crippen LogP contribution >= 0.6 is 7.92 Å². The summed E-state index contributed by atoms with van der Waals surface area (Å²) >= 11 is 0. The van der Waals surface area contributed by atoms with Crippen LogP contribution in [-0.2, 0) is 7.05 Å². The van der Waals surface area contributed by atoms with Crippen molar-refractivity contribution in [1.82, 2.24) is 9.78 Å². The van der Waals surface area contributed by atoms with Gasteiger partial charge in [-0.2, -0.15) is 5.10 Å². The number of rotatable bonds is 5. The van der Waals surface area contributed by atoms with Crippen LogP contribution in [0.4, 0.5) is 0 Å². The largest absolute Gasteiger partial charge is 0.497 e. The molecule has 4 rings (SSSR count). The van der Waals surface area contributed by atoms with Gasteiger partial charge in [-0.15, -0.1) is 0 Å². The molecule has 0 atom stereocenters. The first-order valence-electron chi connectivity index (χ1n) is 8.70. The lowest BCUT2D eigenvalue weighted by atomic mass is 10.2. The number of nitrogens with zero attached hydrogens (tertiary/aromatic N) is 2. The maximum Gasteiger partial charge on any atom is 0.118 e. The van der Waals surface area contributed by atoms with Crippen molar-refractivity contribution in [2.24, 2.45) is 7.05 Å². The lowest BCUT2D eigenvalue weighted by Gasteiger charge is -2.20. The van der Waals surface area contributed by atoms with Gasteiger partial charge in [0, 0.05) is 12.4 Å². The molecule has 3 aromatic carbocycles. The third kappa shape index (κ3) is 3.29. The van der Waals surface area contributed by atoms with Crippen molar-refractivity contribution in [1.29, 1.82) is 0 Å². The average Bonchev–Trinajstić information content (AvgIpc) is 3.11. The third-order valence-electron chi connectivity index (χ3n) is 4.67. The van der Waals surface area contributed by atoms with Crippen LogP contribution < -0.4 is 25.4 Å². The summed E-state index contributed by atoms with van der Waals surface area (Å²) in [5.74, 6) is 1.73. The van der Waals surface area contributed by atoms with E-state index >= 15 is 0 Å². The van der Waals surface area contributed by atoms with E-state index in [9.17, 15) is 0 Å². The Morgan fingerprint density at radius 3 is 1.85 bits per heavy atom. The molecule has 0 bridgehead atoms. The summed E-state index contributed by atoms with van der Waals surface area (Å²) in [4.78, 5) is 0. The standard InChI is InChI=1S/C22H21N2O2P/c1-24-21-5-4-6-22(20(21)15-23-24)27(18-11-7-16(25-2)8-12-18)19-13-9-17(26-3)10-14-19/h4-15H,1-3H3. The lowest BCUT2D eigenvalue weighted by Crippen LogP contribution is -2.21. The van der Waals surface area contributed by atoms with Gasteiger partial charge >= 0.3 is 0 Å². The molecule has 0 fully saturated rings. The second-order valence-electron chi connectivity index (χ2n) is 6.21. The number of methoxy groups -OCH3 is 2. The Morgan fingerprint density at radius 2 is 1.33 bits per heavy atom. The number of fused-ring (bicyclic) bond motifs is 1. The van der Waals surface area contributed by atoms with Crippen LogP contribution in [0.15, 0.2) is 72.9 Å². The summed E-state index contributed by atoms with van der Waals surface area (Å²) in [5.41, 5.74) is 1.14. The molecule has 0 amide bonds. The molecule has 136 valence electrons. The summed E-state index contributed by atoms with van der Waals surface area (Å²) in [5, 5.41) is 9.50. The number of ether oxygens (including phenoxy) is 2. The van der Waals surface area contributed by atoms with Crippen molar-refractivity contribution >= 4 is 34.7 Å². The molecule has 5 heteroatoms. The van der Waals surface area contributed by atoms with Crippen LogP contribution in [-0.4, -0.2) is 24.0 Å². The molecule has 4 nitrogen and oxygen atoms in total. The van der Waals surface area contributed by atoms with Crippen molar-refractivity contribution in [2.75, 3.05) is 14.2 Å². The first kappa shape index (κ1) is 17.6. The van der Waals surface area contributed by atoms with E-state index in [1.165, 1.54) is 21.3 Å². The molecule has 0 aliphatic carbocycles. The van der Waals surface area contributed by atoms with Gasteiger partial charge in [-0.3, -0.25) is 4.68 Å². The van der Waals surface area contributed by atoms with Gasteiger partial charge in [0.1, 0.15) is 11.5 Å². The monoisotopic (exact) mass is 376 g/mol. The van der Waals surface area contributed by atoms with Crippen molar-refractivity contribution in [3.63, 3.8) is 0 Å². The zero-order valence-electron chi connectivity index (χ0n) is 15.6. The average molecular weight is 376 g/mol. The number of hydrogen-bond acceptors (Lipinski definition) is 3. The number of benzene rings is 3. The minimum Gasteiger partial charge on any atom is -0.497 e. The van der Waals surface area contributed by atoms with Crippen molar-refractivity contribution in [2.45, 2.75) is 0 Å². The Labute approximate surface area is 160 Å². The normalized spacial score (nSPS) is 11.1. The fourth-order valence-electron chi connectivity index (χ4n) is 3.25. The Hall–Kier alpha value is -2.84. The van der Waals surface area contributed by atoms with Crippen LogP contribution in [0.1, 0.15) is 0 Å². The summed E-state index contributed by atoms with van der Waals surface area (Å²) in [6, 6.07) is 23.2. The highest BCUT2D eigenvalue weighted by Gasteiger charge is 2.20. The Bertz CT molecular complexity index is 1010. The van der Waals surface area contributed by atoms with Gasteiger partial charge in [0.25, 0.3) is 0 Å². The Balaban J connectivity index is 1.91. The molecule has 0 unspecified atom stereocenters. The fraction of sp³-hybridized carbons (Fsp3) is 0.136. The molecule has 27 heavy (non-hydrogen) atoms. The second-order valence-corrected chi connectivity index (χ2v) is 8.39. The number of hydrogen-bond donors (Lipinski definition) is 0. The minimum atomic E-state index is -0.732. The van der Waals surface area contributed by atoms with Gasteiger partial charge in [-0.05, 0) is 54.2 Å². The van der Waals surface area contributed by atoms with Gasteiger partial charge in [-0.25, -0.2) is 0 Å². The van der Waals surface area contributed by atoms with Crippen LogP contribution in [0.2, 0.25) is 0 Å². The summed E-state index contributed by atoms with van der Waals surface area (Å²) in [6.07, 6.45) is 1.97. The van der Waals surface area contributed by atoms with E-state index in [1.807, 2.05) is 42.2 Å². The smallest absolute Gasteiger partial charge is 0.118 e. The highest BCUT2D eigenvalue weighted by Crippen LogP contribution is 2.36. The minimum absolute atomic E-state index is 0.732. The van der Waals surface area contributed by atoms with E-state index in [0.29, 0.717) is 0 Å². The lowest BCUT2D eigenvalue weighted by molar-refractivity contribution is 0.415. The highest BCUT2D eigenvalue weighted by atomic mass is 31.1. The summed E-state index contributed by atoms with van der Waals surface area (Å²) in [7, 11) is 4.63. The molecule has 1 heterocycles. The van der Waals surface area contributed by atoms with E-state index in [4.69, 9.17) is 9.47 Å². The summed E-state index contributed by atoms with van der Waals surface area (Å²) in [6.45, 7) is 0. The molecule has 0 aliphatic heterocycles. The molecular weight excluding hydrogens is 355 g/mol. The molecular formula is C22H21N2O2P. The first-order valence-corrected chi connectivity index (χ1v) is 10.0. The maximum atomic E-state index is 5.34. The van der Waals surface area contributed by atoms with Crippen molar-refractivity contribution in [3.8, 4) is 11.5 Å².